The SMILES string of the molecule is CCCCCC(CCCCC)CCOC(=O)CCCCCCCCN(CCCO)CCCOC(C)OC(=O)CCN(CCCCCCCCC(=O)OCCC(CCCCC)CCCCC)CCCCCCCCC(=O)OCCC(CCCCC)CCCCC. The molecular weight excluding hydrogens is 1110 g/mol. The Morgan fingerprint density at radius 1 is 0.292 bits per heavy atom. The summed E-state index contributed by atoms with van der Waals surface area (Å²) >= 11 is 0. The molecule has 0 aromatic carbocycles. The van der Waals surface area contributed by atoms with E-state index in [0.29, 0.717) is 76.4 Å². The van der Waals surface area contributed by atoms with Crippen molar-refractivity contribution >= 4 is 23.9 Å². The van der Waals surface area contributed by atoms with Gasteiger partial charge in [-0.1, -0.05) is 273 Å². The lowest BCUT2D eigenvalue weighted by Gasteiger charge is -2.23. The summed E-state index contributed by atoms with van der Waals surface area (Å²) in [6.45, 7) is 23.0. The number of carbonyl (C=O) groups is 4. The molecule has 12 nitrogen and oxygen atoms in total. The normalized spacial score (nSPS) is 12.1. The number of hydrogen-bond donors (Lipinski definition) is 1. The van der Waals surface area contributed by atoms with Crippen LogP contribution in [-0.4, -0.2) is 117 Å². The quantitative estimate of drug-likeness (QED) is 0.0268. The Kier molecular flexibility index (Phi) is 66.8. The lowest BCUT2D eigenvalue weighted by atomic mass is 9.92. The Hall–Kier alpha value is -2.28. The molecule has 0 heterocycles. The standard InChI is InChI=1S/C77H150N2O10/c1-8-14-32-46-71(47-33-15-9-2)56-67-86-74(81)52-38-26-20-23-29-41-59-78(62-44-65-80)63-45-66-85-70(7)89-77(84)55-64-79(60-42-30-24-21-27-39-53-75(82)87-68-57-72(48-34-16-10-3)49-35-17-11-4)61-43-31-25-22-28-40-54-76(83)88-69-58-73(50-36-18-12-5)51-37-19-13-6/h70-73,80H,8-69H2,1-7H3. The fourth-order valence-corrected chi connectivity index (χ4v) is 12.6. The molecule has 0 saturated heterocycles. The average molecular weight is 1260 g/mol. The fraction of sp³-hybridized carbons (Fsp3) is 0.948. The summed E-state index contributed by atoms with van der Waals surface area (Å²) in [4.78, 5) is 55.6. The van der Waals surface area contributed by atoms with Crippen molar-refractivity contribution in [1.29, 1.82) is 0 Å². The number of hydrogen-bond acceptors (Lipinski definition) is 12. The van der Waals surface area contributed by atoms with Crippen LogP contribution >= 0.6 is 0 Å². The summed E-state index contributed by atoms with van der Waals surface area (Å²) in [5, 5.41) is 9.58. The van der Waals surface area contributed by atoms with Crippen LogP contribution in [0.4, 0.5) is 0 Å². The fourth-order valence-electron chi connectivity index (χ4n) is 12.6. The minimum absolute atomic E-state index is 0.0340. The highest BCUT2D eigenvalue weighted by Gasteiger charge is 2.17. The summed E-state index contributed by atoms with van der Waals surface area (Å²) in [5.74, 6) is 1.71. The maximum Gasteiger partial charge on any atom is 0.309 e. The third-order valence-corrected chi connectivity index (χ3v) is 18.5. The van der Waals surface area contributed by atoms with Gasteiger partial charge >= 0.3 is 23.9 Å². The van der Waals surface area contributed by atoms with Gasteiger partial charge in [0.15, 0.2) is 6.29 Å². The Labute approximate surface area is 551 Å². The molecule has 1 N–H and O–H groups in total. The lowest BCUT2D eigenvalue weighted by molar-refractivity contribution is -0.175. The van der Waals surface area contributed by atoms with Gasteiger partial charge in [-0.3, -0.25) is 19.2 Å². The highest BCUT2D eigenvalue weighted by Crippen LogP contribution is 2.25. The molecule has 0 rings (SSSR count). The van der Waals surface area contributed by atoms with Crippen molar-refractivity contribution in [2.75, 3.05) is 72.3 Å². The molecule has 0 aliphatic rings. The highest BCUT2D eigenvalue weighted by molar-refractivity contribution is 5.70. The third kappa shape index (κ3) is 61.6. The molecule has 0 fully saturated rings. The van der Waals surface area contributed by atoms with Crippen LogP contribution in [0, 0.1) is 17.8 Å². The van der Waals surface area contributed by atoms with Gasteiger partial charge in [0.1, 0.15) is 0 Å². The molecule has 0 aliphatic carbocycles. The molecule has 1 unspecified atom stereocenters. The molecule has 1 atom stereocenters. The monoisotopic (exact) mass is 1260 g/mol. The van der Waals surface area contributed by atoms with E-state index in [2.05, 4.69) is 51.3 Å². The van der Waals surface area contributed by atoms with E-state index in [4.69, 9.17) is 23.7 Å². The second kappa shape index (κ2) is 68.6. The maximum atomic E-state index is 13.2. The Balaban J connectivity index is 4.83. The molecule has 0 aromatic rings. The third-order valence-electron chi connectivity index (χ3n) is 18.5. The van der Waals surface area contributed by atoms with Gasteiger partial charge < -0.3 is 38.6 Å². The Morgan fingerprint density at radius 2 is 0.573 bits per heavy atom. The zero-order chi connectivity index (χ0) is 65.1. The van der Waals surface area contributed by atoms with Crippen molar-refractivity contribution in [2.45, 2.75) is 382 Å². The molecule has 0 aromatic heterocycles. The van der Waals surface area contributed by atoms with E-state index in [-0.39, 0.29) is 30.5 Å². The van der Waals surface area contributed by atoms with Crippen LogP contribution < -0.4 is 0 Å². The lowest BCUT2D eigenvalue weighted by Crippen LogP contribution is -2.30. The van der Waals surface area contributed by atoms with Crippen molar-refractivity contribution in [3.8, 4) is 0 Å². The number of aliphatic hydroxyl groups is 1. The first-order chi connectivity index (χ1) is 43.5. The van der Waals surface area contributed by atoms with E-state index in [0.717, 1.165) is 180 Å². The number of nitrogens with zero attached hydrogens (tertiary/aromatic N) is 2. The van der Waals surface area contributed by atoms with Gasteiger partial charge in [-0.15, -0.1) is 0 Å². The minimum Gasteiger partial charge on any atom is -0.466 e. The smallest absolute Gasteiger partial charge is 0.309 e. The Morgan fingerprint density at radius 3 is 0.888 bits per heavy atom. The van der Waals surface area contributed by atoms with Crippen molar-refractivity contribution < 1.29 is 48.0 Å². The van der Waals surface area contributed by atoms with E-state index in [1.165, 1.54) is 154 Å². The average Bonchev–Trinajstić information content (AvgIpc) is 3.56. The molecule has 12 heteroatoms. The predicted molar refractivity (Wildman–Crippen MR) is 374 cm³/mol. The van der Waals surface area contributed by atoms with Crippen LogP contribution in [0.25, 0.3) is 0 Å². The second-order valence-corrected chi connectivity index (χ2v) is 27.0. The number of carbonyl (C=O) groups excluding carboxylic acids is 4. The largest absolute Gasteiger partial charge is 0.466 e. The topological polar surface area (TPSA) is 141 Å². The molecule has 0 amide bonds. The Bertz CT molecular complexity index is 1430. The first-order valence-electron chi connectivity index (χ1n) is 38.9. The first kappa shape index (κ1) is 86.7. The summed E-state index contributed by atoms with van der Waals surface area (Å²) in [6, 6.07) is 0. The number of rotatable bonds is 72. The van der Waals surface area contributed by atoms with Crippen LogP contribution in [0.5, 0.6) is 0 Å². The van der Waals surface area contributed by atoms with Gasteiger partial charge in [0.2, 0.25) is 0 Å². The molecule has 89 heavy (non-hydrogen) atoms. The molecule has 528 valence electrons. The van der Waals surface area contributed by atoms with Gasteiger partial charge in [0.05, 0.1) is 32.8 Å². The van der Waals surface area contributed by atoms with Crippen molar-refractivity contribution in [3.63, 3.8) is 0 Å². The summed E-state index contributed by atoms with van der Waals surface area (Å²) < 4.78 is 28.8. The van der Waals surface area contributed by atoms with Crippen LogP contribution in [0.2, 0.25) is 0 Å². The van der Waals surface area contributed by atoms with E-state index in [1.807, 2.05) is 6.92 Å². The van der Waals surface area contributed by atoms with E-state index >= 15 is 0 Å². The van der Waals surface area contributed by atoms with Gasteiger partial charge in [-0.25, -0.2) is 0 Å². The minimum atomic E-state index is -0.610. The molecule has 0 saturated carbocycles. The zero-order valence-electron chi connectivity index (χ0n) is 60.2. The predicted octanol–water partition coefficient (Wildman–Crippen LogP) is 21.0. The summed E-state index contributed by atoms with van der Waals surface area (Å²) in [7, 11) is 0. The van der Waals surface area contributed by atoms with Gasteiger partial charge in [0.25, 0.3) is 0 Å². The van der Waals surface area contributed by atoms with Gasteiger partial charge in [-0.05, 0) is 115 Å². The first-order valence-corrected chi connectivity index (χ1v) is 38.9. The molecule has 0 radical (unpaired) electrons. The van der Waals surface area contributed by atoms with E-state index < -0.39 is 6.29 Å². The highest BCUT2D eigenvalue weighted by atomic mass is 16.7. The van der Waals surface area contributed by atoms with Gasteiger partial charge in [0, 0.05) is 45.5 Å². The van der Waals surface area contributed by atoms with Crippen molar-refractivity contribution in [1.82, 2.24) is 9.80 Å². The second-order valence-electron chi connectivity index (χ2n) is 27.0. The number of unbranched alkanes of at least 4 members (excludes halogenated alkanes) is 27. The number of ether oxygens (including phenoxy) is 5. The molecule has 0 aliphatic heterocycles. The maximum absolute atomic E-state index is 13.2. The van der Waals surface area contributed by atoms with E-state index in [9.17, 15) is 24.3 Å². The van der Waals surface area contributed by atoms with Crippen LogP contribution in [0.15, 0.2) is 0 Å². The van der Waals surface area contributed by atoms with Crippen LogP contribution in [-0.2, 0) is 42.9 Å². The summed E-state index contributed by atoms with van der Waals surface area (Å²) in [6.07, 6.45) is 55.7. The van der Waals surface area contributed by atoms with Gasteiger partial charge in [-0.2, -0.15) is 0 Å². The molecular formula is C77H150N2O10. The van der Waals surface area contributed by atoms with Crippen molar-refractivity contribution in [3.05, 3.63) is 0 Å². The summed E-state index contributed by atoms with van der Waals surface area (Å²) in [5.41, 5.74) is 0. The van der Waals surface area contributed by atoms with Crippen LogP contribution in [0.3, 0.4) is 0 Å². The van der Waals surface area contributed by atoms with Crippen LogP contribution in [0.1, 0.15) is 376 Å². The van der Waals surface area contributed by atoms with Crippen molar-refractivity contribution in [2.24, 2.45) is 17.8 Å². The van der Waals surface area contributed by atoms with E-state index in [1.54, 1.807) is 0 Å². The number of esters is 4. The number of aliphatic hydroxyl groups excluding tert-OH is 1. The molecule has 0 bridgehead atoms. The molecule has 0 spiro atoms. The zero-order valence-corrected chi connectivity index (χ0v) is 60.2.